The van der Waals surface area contributed by atoms with Crippen molar-refractivity contribution in [1.82, 2.24) is 0 Å². The zero-order valence-electron chi connectivity index (χ0n) is 15.3. The predicted molar refractivity (Wildman–Crippen MR) is 102 cm³/mol. The molecule has 0 saturated carbocycles. The van der Waals surface area contributed by atoms with Crippen LogP contribution in [0.25, 0.3) is 11.0 Å². The third-order valence-electron chi connectivity index (χ3n) is 5.05. The smallest absolute Gasteiger partial charge is 0.336 e. The second-order valence-corrected chi connectivity index (χ2v) is 7.09. The number of hydrogen-bond acceptors (Lipinski definition) is 3. The lowest BCUT2D eigenvalue weighted by molar-refractivity contribution is -0.945. The van der Waals surface area contributed by atoms with Crippen LogP contribution in [0.5, 0.6) is 5.75 Å². The van der Waals surface area contributed by atoms with Crippen molar-refractivity contribution in [3.63, 3.8) is 0 Å². The fourth-order valence-corrected chi connectivity index (χ4v) is 3.87. The van der Waals surface area contributed by atoms with Gasteiger partial charge >= 0.3 is 5.63 Å². The minimum absolute atomic E-state index is 0.281. The highest BCUT2D eigenvalue weighted by Crippen LogP contribution is 2.33. The van der Waals surface area contributed by atoms with Gasteiger partial charge in [-0.25, -0.2) is 4.79 Å². The molecule has 2 aromatic carbocycles. The second-order valence-electron chi connectivity index (χ2n) is 7.09. The molecule has 0 saturated heterocycles. The number of hydrogen-bond donors (Lipinski definition) is 1. The summed E-state index contributed by atoms with van der Waals surface area (Å²) in [5, 5.41) is 1.05. The molecule has 0 radical (unpaired) electrons. The van der Waals surface area contributed by atoms with Crippen LogP contribution in [-0.4, -0.2) is 6.73 Å². The van der Waals surface area contributed by atoms with E-state index in [4.69, 9.17) is 9.15 Å². The zero-order chi connectivity index (χ0) is 18.1. The minimum Gasteiger partial charge on any atom is -0.444 e. The van der Waals surface area contributed by atoms with Crippen LogP contribution in [0.15, 0.2) is 51.7 Å². The van der Waals surface area contributed by atoms with Crippen molar-refractivity contribution in [3.8, 4) is 5.75 Å². The lowest BCUT2D eigenvalue weighted by Gasteiger charge is -2.27. The molecule has 1 aromatic heterocycles. The van der Waals surface area contributed by atoms with E-state index in [1.54, 1.807) is 6.07 Å². The van der Waals surface area contributed by atoms with Gasteiger partial charge in [0.2, 0.25) is 6.73 Å². The molecule has 0 spiro atoms. The quantitative estimate of drug-likeness (QED) is 0.736. The molecule has 1 aliphatic heterocycles. The summed E-state index contributed by atoms with van der Waals surface area (Å²) in [6, 6.07) is 14.3. The largest absolute Gasteiger partial charge is 0.444 e. The van der Waals surface area contributed by atoms with E-state index >= 15 is 0 Å². The number of ether oxygens (including phenoxy) is 1. The molecule has 1 unspecified atom stereocenters. The van der Waals surface area contributed by atoms with Gasteiger partial charge in [-0.3, -0.25) is 4.90 Å². The van der Waals surface area contributed by atoms with E-state index in [-0.39, 0.29) is 5.63 Å². The molecule has 0 bridgehead atoms. The van der Waals surface area contributed by atoms with Crippen molar-refractivity contribution in [2.24, 2.45) is 0 Å². The third kappa shape index (κ3) is 3.13. The van der Waals surface area contributed by atoms with Crippen molar-refractivity contribution in [2.45, 2.75) is 39.8 Å². The van der Waals surface area contributed by atoms with Crippen LogP contribution in [0, 0.1) is 6.92 Å². The highest BCUT2D eigenvalue weighted by molar-refractivity contribution is 5.86. The van der Waals surface area contributed by atoms with Crippen LogP contribution < -0.4 is 15.3 Å². The second kappa shape index (κ2) is 6.96. The van der Waals surface area contributed by atoms with Gasteiger partial charge in [0.1, 0.15) is 24.4 Å². The summed E-state index contributed by atoms with van der Waals surface area (Å²) in [5.74, 6) is 0.881. The molecule has 3 aromatic rings. The Morgan fingerprint density at radius 1 is 1.15 bits per heavy atom. The fraction of sp³-hybridized carbons (Fsp3) is 0.318. The summed E-state index contributed by atoms with van der Waals surface area (Å²) in [6.07, 6.45) is 1.87. The summed E-state index contributed by atoms with van der Waals surface area (Å²) >= 11 is 0. The topological polar surface area (TPSA) is 43.9 Å². The molecule has 1 N–H and O–H groups in total. The van der Waals surface area contributed by atoms with Gasteiger partial charge in [-0.05, 0) is 25.0 Å². The molecule has 4 heteroatoms. The first kappa shape index (κ1) is 16.9. The van der Waals surface area contributed by atoms with Crippen molar-refractivity contribution >= 4 is 11.0 Å². The zero-order valence-corrected chi connectivity index (χ0v) is 15.3. The van der Waals surface area contributed by atoms with E-state index in [0.29, 0.717) is 12.3 Å². The first-order chi connectivity index (χ1) is 12.7. The van der Waals surface area contributed by atoms with Gasteiger partial charge in [-0.2, -0.15) is 0 Å². The van der Waals surface area contributed by atoms with Crippen LogP contribution in [0.4, 0.5) is 0 Å². The highest BCUT2D eigenvalue weighted by atomic mass is 16.5. The van der Waals surface area contributed by atoms with E-state index in [0.717, 1.165) is 48.2 Å². The number of nitrogens with one attached hydrogen (secondary N) is 1. The molecular weight excluding hydrogens is 326 g/mol. The summed E-state index contributed by atoms with van der Waals surface area (Å²) in [6.45, 7) is 6.57. The van der Waals surface area contributed by atoms with Crippen LogP contribution in [0.2, 0.25) is 0 Å². The first-order valence-corrected chi connectivity index (χ1v) is 9.25. The summed E-state index contributed by atoms with van der Waals surface area (Å²) < 4.78 is 11.6. The number of benzene rings is 2. The molecule has 1 aliphatic rings. The molecule has 4 rings (SSSR count). The van der Waals surface area contributed by atoms with Crippen molar-refractivity contribution < 1.29 is 14.1 Å². The Morgan fingerprint density at radius 3 is 2.73 bits per heavy atom. The van der Waals surface area contributed by atoms with Crippen LogP contribution in [0.3, 0.4) is 0 Å². The normalized spacial score (nSPS) is 16.3. The Kier molecular flexibility index (Phi) is 4.51. The number of aryl methyl sites for hydroxylation is 2. The third-order valence-corrected chi connectivity index (χ3v) is 5.05. The summed E-state index contributed by atoms with van der Waals surface area (Å²) in [5.41, 5.74) is 4.90. The average molecular weight is 350 g/mol. The van der Waals surface area contributed by atoms with Gasteiger partial charge in [0.15, 0.2) is 0 Å². The Bertz CT molecular complexity index is 992. The van der Waals surface area contributed by atoms with Gasteiger partial charge in [-0.1, -0.05) is 43.7 Å². The Labute approximate surface area is 153 Å². The molecule has 4 nitrogen and oxygen atoms in total. The standard InChI is InChI=1S/C22H23NO3/c1-3-7-17-11-20(24)26-22-15(2)21-18(10-19(17)22)13-23(14-25-21)12-16-8-5-4-6-9-16/h4-6,8-11H,3,7,12-14H2,1-2H3/p+1. The molecule has 26 heavy (non-hydrogen) atoms. The van der Waals surface area contributed by atoms with Gasteiger partial charge in [-0.15, -0.1) is 0 Å². The lowest BCUT2D eigenvalue weighted by Crippen LogP contribution is -3.10. The molecule has 2 heterocycles. The monoisotopic (exact) mass is 350 g/mol. The molecule has 0 amide bonds. The maximum atomic E-state index is 11.9. The SMILES string of the molecule is CCCc1cc(=O)oc2c(C)c3c(cc12)C[NH+](Cc1ccccc1)CO3. The van der Waals surface area contributed by atoms with E-state index in [1.165, 1.54) is 16.0 Å². The number of rotatable bonds is 4. The molecule has 0 aliphatic carbocycles. The predicted octanol–water partition coefficient (Wildman–Crippen LogP) is 2.99. The Morgan fingerprint density at radius 2 is 1.96 bits per heavy atom. The Hall–Kier alpha value is -2.59. The van der Waals surface area contributed by atoms with Gasteiger partial charge in [0.25, 0.3) is 0 Å². The van der Waals surface area contributed by atoms with E-state index in [2.05, 4.69) is 37.3 Å². The van der Waals surface area contributed by atoms with E-state index in [9.17, 15) is 4.79 Å². The minimum atomic E-state index is -0.281. The van der Waals surface area contributed by atoms with Crippen molar-refractivity contribution in [2.75, 3.05) is 6.73 Å². The van der Waals surface area contributed by atoms with Crippen LogP contribution in [0.1, 0.15) is 35.6 Å². The Balaban J connectivity index is 1.73. The maximum Gasteiger partial charge on any atom is 0.336 e. The average Bonchev–Trinajstić information content (AvgIpc) is 2.64. The number of fused-ring (bicyclic) bond motifs is 2. The summed E-state index contributed by atoms with van der Waals surface area (Å²) in [4.78, 5) is 13.3. The van der Waals surface area contributed by atoms with Crippen molar-refractivity contribution in [1.29, 1.82) is 0 Å². The van der Waals surface area contributed by atoms with Crippen LogP contribution >= 0.6 is 0 Å². The van der Waals surface area contributed by atoms with Crippen molar-refractivity contribution in [3.05, 3.63) is 75.1 Å². The van der Waals surface area contributed by atoms with Gasteiger partial charge in [0.05, 0.1) is 0 Å². The summed E-state index contributed by atoms with van der Waals surface area (Å²) in [7, 11) is 0. The van der Waals surface area contributed by atoms with Crippen LogP contribution in [-0.2, 0) is 19.5 Å². The fourth-order valence-electron chi connectivity index (χ4n) is 3.87. The highest BCUT2D eigenvalue weighted by Gasteiger charge is 2.25. The molecule has 134 valence electrons. The molecule has 0 fully saturated rings. The molecular formula is C22H24NO3+. The molecule has 1 atom stereocenters. The maximum absolute atomic E-state index is 11.9. The van der Waals surface area contributed by atoms with E-state index in [1.807, 2.05) is 13.0 Å². The van der Waals surface area contributed by atoms with Gasteiger partial charge < -0.3 is 9.15 Å². The lowest BCUT2D eigenvalue weighted by atomic mass is 9.98. The first-order valence-electron chi connectivity index (χ1n) is 9.25. The number of quaternary nitrogens is 1. The van der Waals surface area contributed by atoms with Gasteiger partial charge in [0, 0.05) is 28.1 Å². The van der Waals surface area contributed by atoms with E-state index < -0.39 is 0 Å².